The Bertz CT molecular complexity index is 912. The van der Waals surface area contributed by atoms with E-state index in [2.05, 4.69) is 25.6 Å². The number of hydrogen-bond acceptors (Lipinski definition) is 5. The number of anilines is 3. The first-order valence-electron chi connectivity index (χ1n) is 7.30. The van der Waals surface area contributed by atoms with E-state index in [1.165, 1.54) is 0 Å². The molecule has 0 saturated heterocycles. The molecule has 6 nitrogen and oxygen atoms in total. The molecule has 0 aliphatic heterocycles. The molecular formula is C17H13Cl2N5O. The molecular weight excluding hydrogens is 361 g/mol. The molecule has 1 amide bonds. The van der Waals surface area contributed by atoms with E-state index >= 15 is 0 Å². The van der Waals surface area contributed by atoms with Crippen LogP contribution < -0.4 is 10.6 Å². The average Bonchev–Trinajstić information content (AvgIpc) is 2.55. The summed E-state index contributed by atoms with van der Waals surface area (Å²) in [4.78, 5) is 25.0. The van der Waals surface area contributed by atoms with Crippen LogP contribution in [-0.4, -0.2) is 20.9 Å². The van der Waals surface area contributed by atoms with Gasteiger partial charge in [-0.25, -0.2) is 9.97 Å². The maximum absolute atomic E-state index is 12.4. The summed E-state index contributed by atoms with van der Waals surface area (Å²) in [6, 6.07) is 8.23. The third-order valence-electron chi connectivity index (χ3n) is 3.22. The monoisotopic (exact) mass is 373 g/mol. The molecule has 1 aromatic carbocycles. The van der Waals surface area contributed by atoms with Crippen molar-refractivity contribution in [3.63, 3.8) is 0 Å². The summed E-state index contributed by atoms with van der Waals surface area (Å²) in [5, 5.41) is 6.36. The second-order valence-corrected chi connectivity index (χ2v) is 5.97. The maximum atomic E-state index is 12.4. The van der Waals surface area contributed by atoms with E-state index in [9.17, 15) is 4.79 Å². The first-order valence-corrected chi connectivity index (χ1v) is 8.05. The molecule has 2 N–H and O–H groups in total. The van der Waals surface area contributed by atoms with E-state index in [-0.39, 0.29) is 15.6 Å². The average molecular weight is 374 g/mol. The van der Waals surface area contributed by atoms with E-state index in [0.29, 0.717) is 17.3 Å². The number of nitrogens with one attached hydrogen (secondary N) is 2. The van der Waals surface area contributed by atoms with Crippen molar-refractivity contribution in [2.24, 2.45) is 0 Å². The predicted molar refractivity (Wildman–Crippen MR) is 98.7 cm³/mol. The van der Waals surface area contributed by atoms with Gasteiger partial charge in [-0.1, -0.05) is 29.3 Å². The zero-order chi connectivity index (χ0) is 17.8. The Labute approximate surface area is 154 Å². The van der Waals surface area contributed by atoms with Gasteiger partial charge in [0.05, 0.1) is 27.5 Å². The smallest absolute Gasteiger partial charge is 0.258 e. The van der Waals surface area contributed by atoms with Crippen LogP contribution in [0.1, 0.15) is 16.1 Å². The molecule has 0 unspecified atom stereocenters. The molecule has 3 aromatic rings. The van der Waals surface area contributed by atoms with Crippen molar-refractivity contribution in [2.75, 3.05) is 10.6 Å². The van der Waals surface area contributed by atoms with Gasteiger partial charge in [0.1, 0.15) is 11.6 Å². The Morgan fingerprint density at radius 2 is 1.84 bits per heavy atom. The van der Waals surface area contributed by atoms with Crippen molar-refractivity contribution in [3.8, 4) is 0 Å². The topological polar surface area (TPSA) is 79.8 Å². The summed E-state index contributed by atoms with van der Waals surface area (Å²) in [5.74, 6) is 0.677. The van der Waals surface area contributed by atoms with Crippen molar-refractivity contribution >= 4 is 46.4 Å². The van der Waals surface area contributed by atoms with Crippen molar-refractivity contribution < 1.29 is 4.79 Å². The summed E-state index contributed by atoms with van der Waals surface area (Å²) >= 11 is 12.1. The van der Waals surface area contributed by atoms with Crippen LogP contribution in [0, 0.1) is 6.92 Å². The lowest BCUT2D eigenvalue weighted by Crippen LogP contribution is -2.13. The molecule has 2 heterocycles. The van der Waals surface area contributed by atoms with Crippen LogP contribution in [-0.2, 0) is 0 Å². The van der Waals surface area contributed by atoms with E-state index in [1.807, 2.05) is 6.92 Å². The van der Waals surface area contributed by atoms with Crippen LogP contribution in [0.2, 0.25) is 10.0 Å². The molecule has 25 heavy (non-hydrogen) atoms. The minimum Gasteiger partial charge on any atom is -0.324 e. The van der Waals surface area contributed by atoms with Gasteiger partial charge >= 0.3 is 0 Å². The predicted octanol–water partition coefficient (Wildman–Crippen LogP) is 4.48. The Morgan fingerprint density at radius 1 is 1.08 bits per heavy atom. The lowest BCUT2D eigenvalue weighted by atomic mass is 10.2. The van der Waals surface area contributed by atoms with Crippen LogP contribution >= 0.6 is 23.2 Å². The van der Waals surface area contributed by atoms with Gasteiger partial charge in [0, 0.05) is 24.1 Å². The molecule has 126 valence electrons. The maximum Gasteiger partial charge on any atom is 0.258 e. The third-order valence-corrected chi connectivity index (χ3v) is 3.85. The quantitative estimate of drug-likeness (QED) is 0.704. The van der Waals surface area contributed by atoms with Gasteiger partial charge in [0.25, 0.3) is 5.91 Å². The zero-order valence-electron chi connectivity index (χ0n) is 13.1. The van der Waals surface area contributed by atoms with E-state index in [0.717, 1.165) is 5.69 Å². The number of nitrogens with zero attached hydrogens (tertiary/aromatic N) is 3. The standard InChI is InChI=1S/C17H13Cl2N5O/c1-10-8-20-9-15(22-10)24-14-7-11(5-6-21-14)23-17(25)16-12(18)3-2-4-13(16)19/h2-9H,1H3,(H2,21,22,23,24,25). The number of carbonyl (C=O) groups is 1. The number of amides is 1. The number of rotatable bonds is 4. The number of benzene rings is 1. The second kappa shape index (κ2) is 7.46. The summed E-state index contributed by atoms with van der Waals surface area (Å²) in [6.07, 6.45) is 4.81. The summed E-state index contributed by atoms with van der Waals surface area (Å²) in [7, 11) is 0. The Morgan fingerprint density at radius 3 is 2.56 bits per heavy atom. The first-order chi connectivity index (χ1) is 12.0. The molecule has 8 heteroatoms. The molecule has 0 aliphatic rings. The molecule has 0 spiro atoms. The van der Waals surface area contributed by atoms with Gasteiger partial charge in [-0.15, -0.1) is 0 Å². The fourth-order valence-electron chi connectivity index (χ4n) is 2.14. The molecule has 3 rings (SSSR count). The van der Waals surface area contributed by atoms with Gasteiger partial charge in [0.15, 0.2) is 0 Å². The number of hydrogen-bond donors (Lipinski definition) is 2. The van der Waals surface area contributed by atoms with Gasteiger partial charge < -0.3 is 10.6 Å². The second-order valence-electron chi connectivity index (χ2n) is 5.15. The lowest BCUT2D eigenvalue weighted by Gasteiger charge is -2.10. The van der Waals surface area contributed by atoms with Crippen molar-refractivity contribution in [1.82, 2.24) is 15.0 Å². The van der Waals surface area contributed by atoms with E-state index < -0.39 is 5.91 Å². The van der Waals surface area contributed by atoms with Crippen LogP contribution in [0.4, 0.5) is 17.3 Å². The van der Waals surface area contributed by atoms with E-state index in [1.54, 1.807) is 48.9 Å². The van der Waals surface area contributed by atoms with Crippen molar-refractivity contribution in [3.05, 3.63) is 70.2 Å². The zero-order valence-corrected chi connectivity index (χ0v) is 14.6. The fraction of sp³-hybridized carbons (Fsp3) is 0.0588. The summed E-state index contributed by atoms with van der Waals surface area (Å²) < 4.78 is 0. The highest BCUT2D eigenvalue weighted by Crippen LogP contribution is 2.25. The Balaban J connectivity index is 1.79. The van der Waals surface area contributed by atoms with E-state index in [4.69, 9.17) is 23.2 Å². The van der Waals surface area contributed by atoms with Gasteiger partial charge in [0.2, 0.25) is 0 Å². The van der Waals surface area contributed by atoms with Gasteiger partial charge in [-0.2, -0.15) is 0 Å². The largest absolute Gasteiger partial charge is 0.324 e. The number of pyridine rings is 1. The molecule has 2 aromatic heterocycles. The number of aromatic nitrogens is 3. The molecule has 0 atom stereocenters. The minimum absolute atomic E-state index is 0.224. The fourth-order valence-corrected chi connectivity index (χ4v) is 2.71. The van der Waals surface area contributed by atoms with Crippen LogP contribution in [0.5, 0.6) is 0 Å². The molecule has 0 saturated carbocycles. The summed E-state index contributed by atoms with van der Waals surface area (Å²) in [5.41, 5.74) is 1.55. The number of carbonyl (C=O) groups excluding carboxylic acids is 1. The Hall–Kier alpha value is -2.70. The van der Waals surface area contributed by atoms with Crippen LogP contribution in [0.25, 0.3) is 0 Å². The molecule has 0 radical (unpaired) electrons. The summed E-state index contributed by atoms with van der Waals surface area (Å²) in [6.45, 7) is 1.84. The highest BCUT2D eigenvalue weighted by atomic mass is 35.5. The molecule has 0 bridgehead atoms. The minimum atomic E-state index is -0.400. The molecule has 0 aliphatic carbocycles. The number of aryl methyl sites for hydroxylation is 1. The van der Waals surface area contributed by atoms with Gasteiger partial charge in [-0.05, 0) is 25.1 Å². The third kappa shape index (κ3) is 4.23. The Kier molecular flexibility index (Phi) is 5.11. The van der Waals surface area contributed by atoms with Gasteiger partial charge in [-0.3, -0.25) is 9.78 Å². The first kappa shape index (κ1) is 17.1. The molecule has 0 fully saturated rings. The number of halogens is 2. The van der Waals surface area contributed by atoms with Crippen LogP contribution in [0.3, 0.4) is 0 Å². The van der Waals surface area contributed by atoms with Crippen molar-refractivity contribution in [1.29, 1.82) is 0 Å². The SMILES string of the molecule is Cc1cncc(Nc2cc(NC(=O)c3c(Cl)cccc3Cl)ccn2)n1. The van der Waals surface area contributed by atoms with Crippen LogP contribution in [0.15, 0.2) is 48.9 Å². The van der Waals surface area contributed by atoms with Crippen molar-refractivity contribution in [2.45, 2.75) is 6.92 Å². The highest BCUT2D eigenvalue weighted by Gasteiger charge is 2.15. The normalized spacial score (nSPS) is 10.4. The lowest BCUT2D eigenvalue weighted by molar-refractivity contribution is 0.102. The highest BCUT2D eigenvalue weighted by molar-refractivity contribution is 6.40.